The van der Waals surface area contributed by atoms with E-state index in [1.165, 1.54) is 28.8 Å². The van der Waals surface area contributed by atoms with Crippen LogP contribution in [-0.4, -0.2) is 6.04 Å². The van der Waals surface area contributed by atoms with Gasteiger partial charge in [0, 0.05) is 12.6 Å². The Morgan fingerprint density at radius 3 is 2.20 bits per heavy atom. The van der Waals surface area contributed by atoms with Crippen molar-refractivity contribution in [3.63, 3.8) is 0 Å². The van der Waals surface area contributed by atoms with Crippen LogP contribution in [-0.2, 0) is 13.0 Å². The highest BCUT2D eigenvalue weighted by molar-refractivity contribution is 5.33. The van der Waals surface area contributed by atoms with Crippen LogP contribution in [0.25, 0.3) is 0 Å². The first-order valence-electron chi connectivity index (χ1n) is 7.09. The van der Waals surface area contributed by atoms with Crippen molar-refractivity contribution >= 4 is 0 Å². The molecule has 1 atom stereocenters. The second-order valence-electron chi connectivity index (χ2n) is 5.48. The van der Waals surface area contributed by atoms with Gasteiger partial charge in [0.1, 0.15) is 5.82 Å². The van der Waals surface area contributed by atoms with Gasteiger partial charge in [-0.3, -0.25) is 0 Å². The molecule has 1 unspecified atom stereocenters. The zero-order valence-electron chi connectivity index (χ0n) is 12.4. The minimum atomic E-state index is -0.176. The maximum Gasteiger partial charge on any atom is 0.123 e. The summed E-state index contributed by atoms with van der Waals surface area (Å²) < 4.78 is 12.9. The Balaban J connectivity index is 1.92. The maximum atomic E-state index is 12.9. The predicted octanol–water partition coefficient (Wildman–Crippen LogP) is 4.16. The number of aryl methyl sites for hydroxylation is 2. The predicted molar refractivity (Wildman–Crippen MR) is 82.3 cm³/mol. The molecule has 106 valence electrons. The van der Waals surface area contributed by atoms with Gasteiger partial charge in [-0.2, -0.15) is 0 Å². The Labute approximate surface area is 120 Å². The zero-order valence-corrected chi connectivity index (χ0v) is 12.4. The van der Waals surface area contributed by atoms with Crippen molar-refractivity contribution in [2.45, 2.75) is 39.8 Å². The maximum absolute atomic E-state index is 12.9. The van der Waals surface area contributed by atoms with E-state index in [0.29, 0.717) is 6.04 Å². The quantitative estimate of drug-likeness (QED) is 0.861. The molecule has 0 aliphatic heterocycles. The first kappa shape index (κ1) is 14.7. The molecule has 0 amide bonds. The fourth-order valence-corrected chi connectivity index (χ4v) is 2.45. The molecule has 2 aromatic rings. The van der Waals surface area contributed by atoms with Gasteiger partial charge in [0.15, 0.2) is 0 Å². The number of rotatable bonds is 5. The summed E-state index contributed by atoms with van der Waals surface area (Å²) >= 11 is 0. The summed E-state index contributed by atoms with van der Waals surface area (Å²) in [5.74, 6) is -0.176. The Kier molecular flexibility index (Phi) is 4.91. The molecule has 2 rings (SSSR count). The number of benzene rings is 2. The van der Waals surface area contributed by atoms with E-state index >= 15 is 0 Å². The van der Waals surface area contributed by atoms with Crippen LogP contribution >= 0.6 is 0 Å². The molecule has 1 N–H and O–H groups in total. The van der Waals surface area contributed by atoms with Gasteiger partial charge in [-0.1, -0.05) is 30.3 Å². The van der Waals surface area contributed by atoms with Crippen molar-refractivity contribution in [1.29, 1.82) is 0 Å². The summed E-state index contributed by atoms with van der Waals surface area (Å²) in [6.07, 6.45) is 0.908. The third kappa shape index (κ3) is 3.91. The van der Waals surface area contributed by atoms with Gasteiger partial charge in [0.2, 0.25) is 0 Å². The fraction of sp³-hybridized carbons (Fsp3) is 0.333. The van der Waals surface area contributed by atoms with Crippen LogP contribution in [0.2, 0.25) is 0 Å². The van der Waals surface area contributed by atoms with Crippen molar-refractivity contribution in [2.75, 3.05) is 0 Å². The number of hydrogen-bond acceptors (Lipinski definition) is 1. The third-order valence-electron chi connectivity index (χ3n) is 3.73. The lowest BCUT2D eigenvalue weighted by molar-refractivity contribution is 0.542. The van der Waals surface area contributed by atoms with E-state index in [2.05, 4.69) is 44.3 Å². The summed E-state index contributed by atoms with van der Waals surface area (Å²) in [6, 6.07) is 13.5. The van der Waals surface area contributed by atoms with Gasteiger partial charge in [-0.25, -0.2) is 4.39 Å². The Bertz CT molecular complexity index is 540. The van der Waals surface area contributed by atoms with Crippen LogP contribution in [0, 0.1) is 19.7 Å². The lowest BCUT2D eigenvalue weighted by Crippen LogP contribution is -2.28. The molecule has 0 fully saturated rings. The average molecular weight is 271 g/mol. The smallest absolute Gasteiger partial charge is 0.123 e. The number of nitrogens with one attached hydrogen (secondary N) is 1. The summed E-state index contributed by atoms with van der Waals surface area (Å²) in [6.45, 7) is 7.33. The first-order valence-corrected chi connectivity index (χ1v) is 7.09. The second kappa shape index (κ2) is 6.67. The van der Waals surface area contributed by atoms with Crippen molar-refractivity contribution in [2.24, 2.45) is 0 Å². The minimum absolute atomic E-state index is 0.176. The van der Waals surface area contributed by atoms with Crippen LogP contribution < -0.4 is 5.32 Å². The molecule has 0 bridgehead atoms. The molecule has 2 heteroatoms. The minimum Gasteiger partial charge on any atom is -0.310 e. The topological polar surface area (TPSA) is 12.0 Å². The van der Waals surface area contributed by atoms with Crippen LogP contribution in [0.15, 0.2) is 42.5 Å². The molecule has 1 nitrogen and oxygen atoms in total. The normalized spacial score (nSPS) is 12.4. The van der Waals surface area contributed by atoms with Crippen LogP contribution in [0.3, 0.4) is 0 Å². The average Bonchev–Trinajstić information content (AvgIpc) is 2.41. The summed E-state index contributed by atoms with van der Waals surface area (Å²) in [4.78, 5) is 0. The molecule has 0 heterocycles. The molecular formula is C18H22FN. The molecule has 0 aliphatic carbocycles. The van der Waals surface area contributed by atoms with Crippen molar-refractivity contribution < 1.29 is 4.39 Å². The summed E-state index contributed by atoms with van der Waals surface area (Å²) in [7, 11) is 0. The molecule has 0 aromatic heterocycles. The van der Waals surface area contributed by atoms with E-state index in [1.807, 2.05) is 12.1 Å². The standard InChI is InChI=1S/C18H22FN/c1-13-5-4-6-14(2)18(13)12-20-15(3)11-16-7-9-17(19)10-8-16/h4-10,15,20H,11-12H2,1-3H3. The summed E-state index contributed by atoms with van der Waals surface area (Å²) in [5, 5.41) is 3.55. The highest BCUT2D eigenvalue weighted by Gasteiger charge is 2.06. The molecular weight excluding hydrogens is 249 g/mol. The Morgan fingerprint density at radius 2 is 1.60 bits per heavy atom. The number of halogens is 1. The van der Waals surface area contributed by atoms with Gasteiger partial charge < -0.3 is 5.32 Å². The first-order chi connectivity index (χ1) is 9.56. The molecule has 20 heavy (non-hydrogen) atoms. The molecule has 0 radical (unpaired) electrons. The van der Waals surface area contributed by atoms with Crippen molar-refractivity contribution in [1.82, 2.24) is 5.32 Å². The lowest BCUT2D eigenvalue weighted by Gasteiger charge is -2.16. The van der Waals surface area contributed by atoms with E-state index in [-0.39, 0.29) is 5.82 Å². The Hall–Kier alpha value is -1.67. The SMILES string of the molecule is Cc1cccc(C)c1CNC(C)Cc1ccc(F)cc1. The zero-order chi connectivity index (χ0) is 14.5. The van der Waals surface area contributed by atoms with Crippen molar-refractivity contribution in [3.05, 3.63) is 70.5 Å². The van der Waals surface area contributed by atoms with Crippen LogP contribution in [0.1, 0.15) is 29.2 Å². The molecule has 0 saturated carbocycles. The second-order valence-corrected chi connectivity index (χ2v) is 5.48. The summed E-state index contributed by atoms with van der Waals surface area (Å²) in [5.41, 5.74) is 5.18. The van der Waals surface area contributed by atoms with E-state index in [9.17, 15) is 4.39 Å². The molecule has 2 aromatic carbocycles. The third-order valence-corrected chi connectivity index (χ3v) is 3.73. The van der Waals surface area contributed by atoms with E-state index in [1.54, 1.807) is 0 Å². The fourth-order valence-electron chi connectivity index (χ4n) is 2.45. The Morgan fingerprint density at radius 1 is 1.00 bits per heavy atom. The highest BCUT2D eigenvalue weighted by atomic mass is 19.1. The monoisotopic (exact) mass is 271 g/mol. The molecule has 0 saturated heterocycles. The van der Waals surface area contributed by atoms with E-state index in [0.717, 1.165) is 18.5 Å². The van der Waals surface area contributed by atoms with Gasteiger partial charge in [0.25, 0.3) is 0 Å². The van der Waals surface area contributed by atoms with Crippen LogP contribution in [0.4, 0.5) is 4.39 Å². The largest absolute Gasteiger partial charge is 0.310 e. The van der Waals surface area contributed by atoms with Gasteiger partial charge in [-0.05, 0) is 61.6 Å². The van der Waals surface area contributed by atoms with Gasteiger partial charge in [-0.15, -0.1) is 0 Å². The van der Waals surface area contributed by atoms with Gasteiger partial charge in [0.05, 0.1) is 0 Å². The van der Waals surface area contributed by atoms with E-state index < -0.39 is 0 Å². The molecule has 0 spiro atoms. The van der Waals surface area contributed by atoms with Crippen LogP contribution in [0.5, 0.6) is 0 Å². The number of hydrogen-bond donors (Lipinski definition) is 1. The van der Waals surface area contributed by atoms with Crippen molar-refractivity contribution in [3.8, 4) is 0 Å². The highest BCUT2D eigenvalue weighted by Crippen LogP contribution is 2.13. The molecule has 0 aliphatic rings. The lowest BCUT2D eigenvalue weighted by atomic mass is 10.0. The van der Waals surface area contributed by atoms with Gasteiger partial charge >= 0.3 is 0 Å². The van der Waals surface area contributed by atoms with E-state index in [4.69, 9.17) is 0 Å².